The van der Waals surface area contributed by atoms with Crippen LogP contribution in [-0.4, -0.2) is 21.0 Å². The molecule has 1 fully saturated rings. The van der Waals surface area contributed by atoms with Gasteiger partial charge in [-0.1, -0.05) is 33.1 Å². The van der Waals surface area contributed by atoms with Gasteiger partial charge in [0.2, 0.25) is 0 Å². The maximum absolute atomic E-state index is 10.6. The Hall–Kier alpha value is -0.830. The molecule has 0 amide bonds. The summed E-state index contributed by atoms with van der Waals surface area (Å²) in [5, 5.41) is 15.2. The Bertz CT molecular complexity index is 413. The first-order chi connectivity index (χ1) is 9.67. The zero-order chi connectivity index (χ0) is 14.5. The molecule has 3 atom stereocenters. The fourth-order valence-corrected chi connectivity index (χ4v) is 3.56. The zero-order valence-electron chi connectivity index (χ0n) is 13.3. The van der Waals surface area contributed by atoms with Crippen LogP contribution < -0.4 is 0 Å². The largest absolute Gasteiger partial charge is 0.392 e. The van der Waals surface area contributed by atoms with Gasteiger partial charge in [0.1, 0.15) is 0 Å². The van der Waals surface area contributed by atoms with Crippen molar-refractivity contribution < 1.29 is 5.11 Å². The molecule has 0 bridgehead atoms. The van der Waals surface area contributed by atoms with Crippen molar-refractivity contribution in [2.24, 2.45) is 11.8 Å². The molecule has 1 saturated carbocycles. The minimum atomic E-state index is -0.198. The molecule has 1 aromatic rings. The summed E-state index contributed by atoms with van der Waals surface area (Å²) in [6, 6.07) is 2.17. The summed E-state index contributed by atoms with van der Waals surface area (Å²) in [5.74, 6) is 1.31. The minimum absolute atomic E-state index is 0.198. The second-order valence-electron chi connectivity index (χ2n) is 6.27. The molecule has 0 radical (unpaired) electrons. The molecule has 114 valence electrons. The summed E-state index contributed by atoms with van der Waals surface area (Å²) in [6.45, 7) is 7.43. The Morgan fingerprint density at radius 1 is 1.35 bits per heavy atom. The van der Waals surface area contributed by atoms with Crippen LogP contribution in [0.5, 0.6) is 0 Å². The van der Waals surface area contributed by atoms with Gasteiger partial charge in [0.05, 0.1) is 11.8 Å². The summed E-state index contributed by atoms with van der Waals surface area (Å²) in [6.07, 6.45) is 7.84. The van der Waals surface area contributed by atoms with E-state index in [-0.39, 0.29) is 6.10 Å². The van der Waals surface area contributed by atoms with Crippen LogP contribution in [0.4, 0.5) is 0 Å². The first-order valence-electron chi connectivity index (χ1n) is 8.41. The van der Waals surface area contributed by atoms with Gasteiger partial charge >= 0.3 is 0 Å². The van der Waals surface area contributed by atoms with E-state index < -0.39 is 0 Å². The van der Waals surface area contributed by atoms with Crippen LogP contribution in [0, 0.1) is 11.8 Å². The second kappa shape index (κ2) is 7.26. The molecule has 20 heavy (non-hydrogen) atoms. The molecule has 1 aromatic heterocycles. The maximum atomic E-state index is 10.6. The molecule has 0 saturated heterocycles. The molecule has 1 heterocycles. The van der Waals surface area contributed by atoms with Gasteiger partial charge in [-0.2, -0.15) is 5.10 Å². The van der Waals surface area contributed by atoms with Crippen molar-refractivity contribution in [1.29, 1.82) is 0 Å². The molecule has 3 heteroatoms. The van der Waals surface area contributed by atoms with Crippen LogP contribution in [0.1, 0.15) is 64.3 Å². The molecule has 3 unspecified atom stereocenters. The molecular formula is C17H30N2O. The lowest BCUT2D eigenvalue weighted by Crippen LogP contribution is -2.29. The van der Waals surface area contributed by atoms with E-state index in [9.17, 15) is 5.11 Å². The van der Waals surface area contributed by atoms with Crippen molar-refractivity contribution in [3.05, 3.63) is 17.5 Å². The van der Waals surface area contributed by atoms with Gasteiger partial charge < -0.3 is 5.11 Å². The summed E-state index contributed by atoms with van der Waals surface area (Å²) in [5.41, 5.74) is 2.35. The monoisotopic (exact) mass is 278 g/mol. The fraction of sp³-hybridized carbons (Fsp3) is 0.824. The van der Waals surface area contributed by atoms with E-state index in [4.69, 9.17) is 0 Å². The third-order valence-electron chi connectivity index (χ3n) is 4.94. The average molecular weight is 278 g/mol. The third kappa shape index (κ3) is 3.63. The van der Waals surface area contributed by atoms with E-state index in [2.05, 4.69) is 36.6 Å². The first-order valence-corrected chi connectivity index (χ1v) is 8.41. The fourth-order valence-electron chi connectivity index (χ4n) is 3.56. The molecule has 0 spiro atoms. The normalized spacial score (nSPS) is 24.8. The predicted octanol–water partition coefficient (Wildman–Crippen LogP) is 3.59. The lowest BCUT2D eigenvalue weighted by molar-refractivity contribution is 0.0669. The zero-order valence-corrected chi connectivity index (χ0v) is 13.3. The highest BCUT2D eigenvalue weighted by Gasteiger charge is 2.27. The first kappa shape index (κ1) is 15.6. The van der Waals surface area contributed by atoms with Crippen LogP contribution in [0.25, 0.3) is 0 Å². The second-order valence-corrected chi connectivity index (χ2v) is 6.27. The van der Waals surface area contributed by atoms with Gasteiger partial charge in [0, 0.05) is 18.7 Å². The highest BCUT2D eigenvalue weighted by Crippen LogP contribution is 2.33. The topological polar surface area (TPSA) is 38.0 Å². The van der Waals surface area contributed by atoms with Crippen molar-refractivity contribution in [1.82, 2.24) is 9.78 Å². The predicted molar refractivity (Wildman–Crippen MR) is 82.7 cm³/mol. The summed E-state index contributed by atoms with van der Waals surface area (Å²) >= 11 is 0. The Morgan fingerprint density at radius 2 is 2.15 bits per heavy atom. The van der Waals surface area contributed by atoms with Crippen LogP contribution in [-0.2, 0) is 19.4 Å². The standard InChI is InChI=1S/C17H30N2O/c1-4-13-8-7-9-14(10-13)17(20)12-16-11-15(5-2)18-19(16)6-3/h11,13-14,17,20H,4-10,12H2,1-3H3. The highest BCUT2D eigenvalue weighted by atomic mass is 16.3. The van der Waals surface area contributed by atoms with E-state index in [1.807, 2.05) is 0 Å². The quantitative estimate of drug-likeness (QED) is 0.863. The van der Waals surface area contributed by atoms with Gasteiger partial charge in [0.25, 0.3) is 0 Å². The van der Waals surface area contributed by atoms with Gasteiger partial charge in [0.15, 0.2) is 0 Å². The third-order valence-corrected chi connectivity index (χ3v) is 4.94. The summed E-state index contributed by atoms with van der Waals surface area (Å²) in [4.78, 5) is 0. The minimum Gasteiger partial charge on any atom is -0.392 e. The van der Waals surface area contributed by atoms with Crippen molar-refractivity contribution in [2.75, 3.05) is 0 Å². The maximum Gasteiger partial charge on any atom is 0.0624 e. The van der Waals surface area contributed by atoms with Crippen LogP contribution >= 0.6 is 0 Å². The van der Waals surface area contributed by atoms with E-state index in [1.165, 1.54) is 37.8 Å². The smallest absolute Gasteiger partial charge is 0.0624 e. The lowest BCUT2D eigenvalue weighted by atomic mass is 9.77. The molecule has 1 aliphatic carbocycles. The van der Waals surface area contributed by atoms with Gasteiger partial charge in [-0.25, -0.2) is 0 Å². The summed E-state index contributed by atoms with van der Waals surface area (Å²) < 4.78 is 2.06. The van der Waals surface area contributed by atoms with Crippen molar-refractivity contribution >= 4 is 0 Å². The van der Waals surface area contributed by atoms with Crippen molar-refractivity contribution in [3.8, 4) is 0 Å². The Balaban J connectivity index is 1.99. The Kier molecular flexibility index (Phi) is 5.64. The van der Waals surface area contributed by atoms with Crippen molar-refractivity contribution in [3.63, 3.8) is 0 Å². The Labute approximate surface area is 123 Å². The van der Waals surface area contributed by atoms with Crippen LogP contribution in [0.2, 0.25) is 0 Å². The average Bonchev–Trinajstić information content (AvgIpc) is 2.89. The number of rotatable bonds is 6. The number of aryl methyl sites for hydroxylation is 2. The van der Waals surface area contributed by atoms with Gasteiger partial charge in [-0.15, -0.1) is 0 Å². The van der Waals surface area contributed by atoms with Gasteiger partial charge in [-0.05, 0) is 44.1 Å². The number of nitrogens with zero attached hydrogens (tertiary/aromatic N) is 2. The van der Waals surface area contributed by atoms with E-state index in [1.54, 1.807) is 0 Å². The molecule has 3 nitrogen and oxygen atoms in total. The van der Waals surface area contributed by atoms with E-state index in [0.29, 0.717) is 5.92 Å². The highest BCUT2D eigenvalue weighted by molar-refractivity contribution is 5.11. The summed E-state index contributed by atoms with van der Waals surface area (Å²) in [7, 11) is 0. The number of hydrogen-bond donors (Lipinski definition) is 1. The SMILES string of the molecule is CCc1cc(CC(O)C2CCCC(CC)C2)n(CC)n1. The molecule has 0 aliphatic heterocycles. The van der Waals surface area contributed by atoms with E-state index >= 15 is 0 Å². The van der Waals surface area contributed by atoms with E-state index in [0.717, 1.165) is 31.0 Å². The van der Waals surface area contributed by atoms with Crippen LogP contribution in [0.15, 0.2) is 6.07 Å². The molecular weight excluding hydrogens is 248 g/mol. The number of aliphatic hydroxyl groups excluding tert-OH is 1. The molecule has 2 rings (SSSR count). The molecule has 0 aromatic carbocycles. The Morgan fingerprint density at radius 3 is 2.80 bits per heavy atom. The number of hydrogen-bond acceptors (Lipinski definition) is 2. The lowest BCUT2D eigenvalue weighted by Gasteiger charge is -2.31. The molecule has 1 aliphatic rings. The van der Waals surface area contributed by atoms with Crippen molar-refractivity contribution in [2.45, 2.75) is 78.4 Å². The number of aliphatic hydroxyl groups is 1. The van der Waals surface area contributed by atoms with Gasteiger partial charge in [-0.3, -0.25) is 4.68 Å². The molecule has 1 N–H and O–H groups in total. The number of aromatic nitrogens is 2. The van der Waals surface area contributed by atoms with Crippen LogP contribution in [0.3, 0.4) is 0 Å².